The van der Waals surface area contributed by atoms with Crippen molar-refractivity contribution in [1.82, 2.24) is 0 Å². The molecule has 0 saturated heterocycles. The minimum atomic E-state index is -0.433. The summed E-state index contributed by atoms with van der Waals surface area (Å²) in [6.07, 6.45) is 2.13. The van der Waals surface area contributed by atoms with Crippen molar-refractivity contribution < 1.29 is 18.7 Å². The van der Waals surface area contributed by atoms with E-state index in [4.69, 9.17) is 4.74 Å². The Hall–Kier alpha value is -2.60. The number of amides is 1. The standard InChI is InChI=1S/C20H16FNO3S/c1-26-15-7-5-12(6-8-15)16-10-18(23)22(14-4-2-3-13(21)9-14)17-11-25-20(24)19(16)17/h2-9,16H,10-11H2,1H3/t16-/m0/s1. The fourth-order valence-electron chi connectivity index (χ4n) is 3.49. The number of thioether (sulfide) groups is 1. The Morgan fingerprint density at radius 1 is 1.15 bits per heavy atom. The first-order valence-electron chi connectivity index (χ1n) is 8.21. The number of halogens is 1. The van der Waals surface area contributed by atoms with E-state index in [-0.39, 0.29) is 24.9 Å². The van der Waals surface area contributed by atoms with Crippen molar-refractivity contribution in [1.29, 1.82) is 0 Å². The number of esters is 1. The number of rotatable bonds is 3. The smallest absolute Gasteiger partial charge is 0.336 e. The van der Waals surface area contributed by atoms with E-state index in [1.165, 1.54) is 17.0 Å². The first-order chi connectivity index (χ1) is 12.6. The topological polar surface area (TPSA) is 46.6 Å². The molecule has 2 aromatic carbocycles. The van der Waals surface area contributed by atoms with Gasteiger partial charge in [0.15, 0.2) is 0 Å². The van der Waals surface area contributed by atoms with Crippen LogP contribution < -0.4 is 4.90 Å². The van der Waals surface area contributed by atoms with Crippen molar-refractivity contribution in [2.45, 2.75) is 17.2 Å². The molecule has 0 radical (unpaired) electrons. The van der Waals surface area contributed by atoms with Crippen LogP contribution >= 0.6 is 11.8 Å². The summed E-state index contributed by atoms with van der Waals surface area (Å²) in [5.74, 6) is -1.36. The molecule has 1 amide bonds. The third-order valence-electron chi connectivity index (χ3n) is 4.70. The summed E-state index contributed by atoms with van der Waals surface area (Å²) < 4.78 is 18.9. The third kappa shape index (κ3) is 2.80. The molecule has 0 fully saturated rings. The van der Waals surface area contributed by atoms with Gasteiger partial charge < -0.3 is 4.74 Å². The minimum absolute atomic E-state index is 0.0236. The Bertz CT molecular complexity index is 923. The van der Waals surface area contributed by atoms with Crippen molar-refractivity contribution in [2.24, 2.45) is 0 Å². The second kappa shape index (κ2) is 6.61. The van der Waals surface area contributed by atoms with E-state index in [2.05, 4.69) is 0 Å². The first kappa shape index (κ1) is 16.8. The van der Waals surface area contributed by atoms with E-state index in [0.29, 0.717) is 17.0 Å². The number of carbonyl (C=O) groups is 2. The Morgan fingerprint density at radius 3 is 2.62 bits per heavy atom. The number of ether oxygens (including phenoxy) is 1. The normalized spacial score (nSPS) is 19.6. The second-order valence-corrected chi connectivity index (χ2v) is 7.06. The van der Waals surface area contributed by atoms with Crippen molar-refractivity contribution in [3.05, 3.63) is 71.2 Å². The predicted molar refractivity (Wildman–Crippen MR) is 97.5 cm³/mol. The molecule has 26 heavy (non-hydrogen) atoms. The molecule has 0 bridgehead atoms. The van der Waals surface area contributed by atoms with Gasteiger partial charge in [0.2, 0.25) is 5.91 Å². The number of cyclic esters (lactones) is 1. The van der Waals surface area contributed by atoms with Crippen molar-refractivity contribution in [2.75, 3.05) is 17.8 Å². The summed E-state index contributed by atoms with van der Waals surface area (Å²) in [5.41, 5.74) is 2.32. The van der Waals surface area contributed by atoms with E-state index in [0.717, 1.165) is 10.5 Å². The third-order valence-corrected chi connectivity index (χ3v) is 5.45. The number of anilines is 1. The van der Waals surface area contributed by atoms with Crippen LogP contribution in [0.15, 0.2) is 64.7 Å². The molecular formula is C20H16FNO3S. The summed E-state index contributed by atoms with van der Waals surface area (Å²) in [7, 11) is 0. The monoisotopic (exact) mass is 369 g/mol. The zero-order valence-corrected chi connectivity index (χ0v) is 14.9. The van der Waals surface area contributed by atoms with E-state index >= 15 is 0 Å². The number of benzene rings is 2. The van der Waals surface area contributed by atoms with Crippen LogP contribution in [0.4, 0.5) is 10.1 Å². The molecule has 2 aliphatic heterocycles. The van der Waals surface area contributed by atoms with E-state index in [1.807, 2.05) is 30.5 Å². The Balaban J connectivity index is 1.80. The fraction of sp³-hybridized carbons (Fsp3) is 0.200. The van der Waals surface area contributed by atoms with Crippen LogP contribution in [0.25, 0.3) is 0 Å². The maximum atomic E-state index is 13.6. The average molecular weight is 369 g/mol. The van der Waals surface area contributed by atoms with Gasteiger partial charge in [0.25, 0.3) is 0 Å². The average Bonchev–Trinajstić information content (AvgIpc) is 3.02. The van der Waals surface area contributed by atoms with Gasteiger partial charge in [-0.1, -0.05) is 18.2 Å². The van der Waals surface area contributed by atoms with Crippen LogP contribution in [-0.2, 0) is 14.3 Å². The van der Waals surface area contributed by atoms with Crippen LogP contribution in [0.5, 0.6) is 0 Å². The second-order valence-electron chi connectivity index (χ2n) is 6.18. The zero-order chi connectivity index (χ0) is 18.3. The molecule has 2 aliphatic rings. The molecule has 0 N–H and O–H groups in total. The van der Waals surface area contributed by atoms with Crippen LogP contribution in [-0.4, -0.2) is 24.7 Å². The lowest BCUT2D eigenvalue weighted by atomic mass is 9.84. The van der Waals surface area contributed by atoms with Gasteiger partial charge in [0.05, 0.1) is 17.0 Å². The molecule has 0 unspecified atom stereocenters. The first-order valence-corrected chi connectivity index (χ1v) is 9.43. The maximum absolute atomic E-state index is 13.6. The van der Waals surface area contributed by atoms with E-state index in [9.17, 15) is 14.0 Å². The van der Waals surface area contributed by atoms with E-state index in [1.54, 1.807) is 23.9 Å². The summed E-state index contributed by atoms with van der Waals surface area (Å²) in [4.78, 5) is 27.8. The summed E-state index contributed by atoms with van der Waals surface area (Å²) >= 11 is 1.63. The molecular weight excluding hydrogens is 353 g/mol. The Kier molecular flexibility index (Phi) is 4.28. The van der Waals surface area contributed by atoms with Gasteiger partial charge in [0.1, 0.15) is 12.4 Å². The number of hydrogen-bond donors (Lipinski definition) is 0. The summed E-state index contributed by atoms with van der Waals surface area (Å²) in [5, 5.41) is 0. The van der Waals surface area contributed by atoms with Crippen LogP contribution in [0.1, 0.15) is 17.9 Å². The Labute approximate surface area is 154 Å². The lowest BCUT2D eigenvalue weighted by Gasteiger charge is -2.31. The highest BCUT2D eigenvalue weighted by Gasteiger charge is 2.42. The summed E-state index contributed by atoms with van der Waals surface area (Å²) in [6.45, 7) is 0.0236. The van der Waals surface area contributed by atoms with Crippen LogP contribution in [0.3, 0.4) is 0 Å². The number of carbonyl (C=O) groups excluding carboxylic acids is 2. The van der Waals surface area contributed by atoms with Gasteiger partial charge >= 0.3 is 5.97 Å². The summed E-state index contributed by atoms with van der Waals surface area (Å²) in [6, 6.07) is 13.6. The molecule has 2 aromatic rings. The lowest BCUT2D eigenvalue weighted by Crippen LogP contribution is -2.37. The van der Waals surface area contributed by atoms with Crippen molar-refractivity contribution in [3.8, 4) is 0 Å². The molecule has 0 spiro atoms. The van der Waals surface area contributed by atoms with Gasteiger partial charge in [0, 0.05) is 17.2 Å². The van der Waals surface area contributed by atoms with Crippen LogP contribution in [0.2, 0.25) is 0 Å². The molecule has 6 heteroatoms. The Morgan fingerprint density at radius 2 is 1.92 bits per heavy atom. The fourth-order valence-corrected chi connectivity index (χ4v) is 3.90. The van der Waals surface area contributed by atoms with Gasteiger partial charge in [-0.05, 0) is 42.2 Å². The zero-order valence-electron chi connectivity index (χ0n) is 14.1. The largest absolute Gasteiger partial charge is 0.456 e. The molecule has 4 nitrogen and oxygen atoms in total. The highest BCUT2D eigenvalue weighted by Crippen LogP contribution is 2.42. The van der Waals surface area contributed by atoms with Crippen molar-refractivity contribution >= 4 is 29.3 Å². The van der Waals surface area contributed by atoms with Gasteiger partial charge in [-0.2, -0.15) is 0 Å². The number of hydrogen-bond acceptors (Lipinski definition) is 4. The molecule has 0 saturated carbocycles. The quantitative estimate of drug-likeness (QED) is 0.609. The highest BCUT2D eigenvalue weighted by atomic mass is 32.2. The molecule has 0 aliphatic carbocycles. The molecule has 132 valence electrons. The van der Waals surface area contributed by atoms with Crippen molar-refractivity contribution in [3.63, 3.8) is 0 Å². The van der Waals surface area contributed by atoms with E-state index < -0.39 is 11.8 Å². The SMILES string of the molecule is CSc1ccc([C@@H]2CC(=O)N(c3cccc(F)c3)C3=C2C(=O)OC3)cc1. The predicted octanol–water partition coefficient (Wildman–Crippen LogP) is 3.88. The number of nitrogens with zero attached hydrogens (tertiary/aromatic N) is 1. The van der Waals surface area contributed by atoms with Crippen LogP contribution in [0, 0.1) is 5.82 Å². The molecule has 4 rings (SSSR count). The highest BCUT2D eigenvalue weighted by molar-refractivity contribution is 7.98. The van der Waals surface area contributed by atoms with Gasteiger partial charge in [-0.25, -0.2) is 9.18 Å². The molecule has 1 atom stereocenters. The molecule has 2 heterocycles. The molecule has 0 aromatic heterocycles. The lowest BCUT2D eigenvalue weighted by molar-refractivity contribution is -0.136. The minimum Gasteiger partial charge on any atom is -0.456 e. The van der Waals surface area contributed by atoms with Gasteiger partial charge in [-0.15, -0.1) is 11.8 Å². The maximum Gasteiger partial charge on any atom is 0.336 e. The van der Waals surface area contributed by atoms with Gasteiger partial charge in [-0.3, -0.25) is 9.69 Å².